The van der Waals surface area contributed by atoms with E-state index in [0.29, 0.717) is 6.54 Å². The van der Waals surface area contributed by atoms with Crippen molar-refractivity contribution in [1.82, 2.24) is 0 Å². The first-order valence-corrected chi connectivity index (χ1v) is 7.89. The summed E-state index contributed by atoms with van der Waals surface area (Å²) in [6.07, 6.45) is 5.20. The van der Waals surface area contributed by atoms with Crippen LogP contribution in [0.2, 0.25) is 0 Å². The SMILES string of the molecule is CC(C)(CN)C(=O)Nc1ccc(N2CCCCCC2)cc1. The van der Waals surface area contributed by atoms with Crippen molar-refractivity contribution in [2.24, 2.45) is 11.1 Å². The van der Waals surface area contributed by atoms with E-state index in [9.17, 15) is 4.79 Å². The Bertz CT molecular complexity index is 459. The molecule has 1 aromatic rings. The van der Waals surface area contributed by atoms with Crippen LogP contribution in [0.4, 0.5) is 11.4 Å². The van der Waals surface area contributed by atoms with E-state index in [2.05, 4.69) is 22.3 Å². The van der Waals surface area contributed by atoms with Gasteiger partial charge in [0.15, 0.2) is 0 Å². The Morgan fingerprint density at radius 1 is 1.14 bits per heavy atom. The molecule has 0 aliphatic carbocycles. The van der Waals surface area contributed by atoms with Gasteiger partial charge in [0, 0.05) is 31.0 Å². The monoisotopic (exact) mass is 289 g/mol. The zero-order chi connectivity index (χ0) is 15.3. The molecule has 3 N–H and O–H groups in total. The van der Waals surface area contributed by atoms with Gasteiger partial charge in [-0.3, -0.25) is 4.79 Å². The van der Waals surface area contributed by atoms with Crippen molar-refractivity contribution in [3.05, 3.63) is 24.3 Å². The van der Waals surface area contributed by atoms with E-state index in [1.54, 1.807) is 0 Å². The number of amides is 1. The fraction of sp³-hybridized carbons (Fsp3) is 0.588. The van der Waals surface area contributed by atoms with Crippen LogP contribution in [0.3, 0.4) is 0 Å². The molecule has 0 radical (unpaired) electrons. The summed E-state index contributed by atoms with van der Waals surface area (Å²) in [5, 5.41) is 2.94. The maximum Gasteiger partial charge on any atom is 0.231 e. The van der Waals surface area contributed by atoms with Gasteiger partial charge in [-0.15, -0.1) is 0 Å². The van der Waals surface area contributed by atoms with Gasteiger partial charge in [-0.1, -0.05) is 12.8 Å². The summed E-state index contributed by atoms with van der Waals surface area (Å²) in [7, 11) is 0. The quantitative estimate of drug-likeness (QED) is 0.896. The van der Waals surface area contributed by atoms with Gasteiger partial charge < -0.3 is 16.0 Å². The number of nitrogens with one attached hydrogen (secondary N) is 1. The van der Waals surface area contributed by atoms with Gasteiger partial charge in [0.2, 0.25) is 5.91 Å². The van der Waals surface area contributed by atoms with E-state index in [0.717, 1.165) is 18.8 Å². The van der Waals surface area contributed by atoms with Crippen LogP contribution in [-0.2, 0) is 4.79 Å². The van der Waals surface area contributed by atoms with Crippen molar-refractivity contribution < 1.29 is 4.79 Å². The number of anilines is 2. The molecule has 0 saturated carbocycles. The summed E-state index contributed by atoms with van der Waals surface area (Å²) >= 11 is 0. The molecule has 1 aliphatic rings. The second-order valence-electron chi connectivity index (χ2n) is 6.49. The molecule has 0 spiro atoms. The Labute approximate surface area is 127 Å². The van der Waals surface area contributed by atoms with Crippen LogP contribution in [0.1, 0.15) is 39.5 Å². The van der Waals surface area contributed by atoms with E-state index in [4.69, 9.17) is 5.73 Å². The zero-order valence-electron chi connectivity index (χ0n) is 13.2. The zero-order valence-corrected chi connectivity index (χ0v) is 13.2. The molecule has 2 rings (SSSR count). The molecule has 0 bridgehead atoms. The van der Waals surface area contributed by atoms with Gasteiger partial charge in [-0.2, -0.15) is 0 Å². The second kappa shape index (κ2) is 6.94. The molecular weight excluding hydrogens is 262 g/mol. The van der Waals surface area contributed by atoms with Gasteiger partial charge in [-0.25, -0.2) is 0 Å². The van der Waals surface area contributed by atoms with Gasteiger partial charge in [0.05, 0.1) is 5.41 Å². The molecule has 116 valence electrons. The lowest BCUT2D eigenvalue weighted by Crippen LogP contribution is -2.37. The third-order valence-corrected chi connectivity index (χ3v) is 4.22. The smallest absolute Gasteiger partial charge is 0.231 e. The molecule has 1 saturated heterocycles. The van der Waals surface area contributed by atoms with E-state index in [1.165, 1.54) is 31.4 Å². The molecule has 21 heavy (non-hydrogen) atoms. The minimum atomic E-state index is -0.538. The Balaban J connectivity index is 2.00. The number of nitrogens with two attached hydrogens (primary N) is 1. The topological polar surface area (TPSA) is 58.4 Å². The van der Waals surface area contributed by atoms with E-state index in [-0.39, 0.29) is 5.91 Å². The summed E-state index contributed by atoms with van der Waals surface area (Å²) in [5.74, 6) is -0.0347. The van der Waals surface area contributed by atoms with E-state index >= 15 is 0 Å². The number of carbonyl (C=O) groups is 1. The maximum absolute atomic E-state index is 12.1. The Hall–Kier alpha value is -1.55. The third kappa shape index (κ3) is 4.21. The Morgan fingerprint density at radius 2 is 1.71 bits per heavy atom. The van der Waals surface area contributed by atoms with Crippen molar-refractivity contribution in [2.45, 2.75) is 39.5 Å². The lowest BCUT2D eigenvalue weighted by Gasteiger charge is -2.24. The summed E-state index contributed by atoms with van der Waals surface area (Å²) in [4.78, 5) is 14.5. The van der Waals surface area contributed by atoms with Crippen LogP contribution in [-0.4, -0.2) is 25.5 Å². The van der Waals surface area contributed by atoms with Crippen LogP contribution >= 0.6 is 0 Å². The van der Waals surface area contributed by atoms with Gasteiger partial charge >= 0.3 is 0 Å². The summed E-state index contributed by atoms with van der Waals surface area (Å²) in [5.41, 5.74) is 7.17. The van der Waals surface area contributed by atoms with Gasteiger partial charge in [0.25, 0.3) is 0 Å². The summed E-state index contributed by atoms with van der Waals surface area (Å²) in [6, 6.07) is 8.14. The number of benzene rings is 1. The lowest BCUT2D eigenvalue weighted by molar-refractivity contribution is -0.123. The van der Waals surface area contributed by atoms with Crippen molar-refractivity contribution in [1.29, 1.82) is 0 Å². The first kappa shape index (κ1) is 15.8. The highest BCUT2D eigenvalue weighted by molar-refractivity contribution is 5.95. The molecule has 4 heteroatoms. The molecular formula is C17H27N3O. The highest BCUT2D eigenvalue weighted by Crippen LogP contribution is 2.23. The molecule has 4 nitrogen and oxygen atoms in total. The standard InChI is InChI=1S/C17H27N3O/c1-17(2,13-18)16(21)19-14-7-9-15(10-8-14)20-11-5-3-4-6-12-20/h7-10H,3-6,11-13,18H2,1-2H3,(H,19,21). The molecule has 1 amide bonds. The molecule has 1 aliphatic heterocycles. The molecule has 0 unspecified atom stereocenters. The van der Waals surface area contributed by atoms with Gasteiger partial charge in [-0.05, 0) is 51.0 Å². The van der Waals surface area contributed by atoms with Crippen molar-refractivity contribution in [2.75, 3.05) is 29.9 Å². The minimum Gasteiger partial charge on any atom is -0.372 e. The van der Waals surface area contributed by atoms with Crippen LogP contribution in [0.15, 0.2) is 24.3 Å². The number of hydrogen-bond acceptors (Lipinski definition) is 3. The van der Waals surface area contributed by atoms with Crippen LogP contribution in [0.25, 0.3) is 0 Å². The molecule has 0 aromatic heterocycles. The minimum absolute atomic E-state index is 0.0347. The van der Waals surface area contributed by atoms with Crippen LogP contribution in [0.5, 0.6) is 0 Å². The average Bonchev–Trinajstić information content (AvgIpc) is 2.77. The van der Waals surface area contributed by atoms with Crippen LogP contribution in [0, 0.1) is 5.41 Å². The summed E-state index contributed by atoms with van der Waals surface area (Å²) < 4.78 is 0. The number of carbonyl (C=O) groups excluding carboxylic acids is 1. The van der Waals surface area contributed by atoms with Crippen molar-refractivity contribution >= 4 is 17.3 Å². The lowest BCUT2D eigenvalue weighted by atomic mass is 9.92. The first-order valence-electron chi connectivity index (χ1n) is 7.89. The van der Waals surface area contributed by atoms with Gasteiger partial charge in [0.1, 0.15) is 0 Å². The third-order valence-electron chi connectivity index (χ3n) is 4.22. The van der Waals surface area contributed by atoms with Crippen molar-refractivity contribution in [3.8, 4) is 0 Å². The number of nitrogens with zero attached hydrogens (tertiary/aromatic N) is 1. The largest absolute Gasteiger partial charge is 0.372 e. The molecule has 1 aromatic carbocycles. The number of hydrogen-bond donors (Lipinski definition) is 2. The fourth-order valence-electron chi connectivity index (χ4n) is 2.48. The van der Waals surface area contributed by atoms with E-state index in [1.807, 2.05) is 26.0 Å². The average molecular weight is 289 g/mol. The first-order chi connectivity index (χ1) is 10.0. The Morgan fingerprint density at radius 3 is 2.24 bits per heavy atom. The highest BCUT2D eigenvalue weighted by Gasteiger charge is 2.25. The Kier molecular flexibility index (Phi) is 5.23. The molecule has 1 fully saturated rings. The summed E-state index contributed by atoms with van der Waals surface area (Å²) in [6.45, 7) is 6.31. The predicted octanol–water partition coefficient (Wildman–Crippen LogP) is 2.99. The highest BCUT2D eigenvalue weighted by atomic mass is 16.2. The fourth-order valence-corrected chi connectivity index (χ4v) is 2.48. The normalized spacial score (nSPS) is 16.4. The number of rotatable bonds is 4. The maximum atomic E-state index is 12.1. The van der Waals surface area contributed by atoms with Crippen molar-refractivity contribution in [3.63, 3.8) is 0 Å². The predicted molar refractivity (Wildman–Crippen MR) is 88.6 cm³/mol. The molecule has 1 heterocycles. The van der Waals surface area contributed by atoms with Crippen LogP contribution < -0.4 is 16.0 Å². The second-order valence-corrected chi connectivity index (χ2v) is 6.49. The van der Waals surface area contributed by atoms with E-state index < -0.39 is 5.41 Å². The molecule has 0 atom stereocenters.